The van der Waals surface area contributed by atoms with Crippen LogP contribution in [-0.4, -0.2) is 24.4 Å². The third kappa shape index (κ3) is 5.24. The predicted octanol–water partition coefficient (Wildman–Crippen LogP) is 3.43. The van der Waals surface area contributed by atoms with Gasteiger partial charge in [0.05, 0.1) is 6.54 Å². The number of unbranched alkanes of at least 4 members (excludes halogenated alkanes) is 2. The molecule has 0 fully saturated rings. The third-order valence-electron chi connectivity index (χ3n) is 2.40. The number of furan rings is 1. The van der Waals surface area contributed by atoms with E-state index in [4.69, 9.17) is 16.0 Å². The van der Waals surface area contributed by atoms with E-state index >= 15 is 0 Å². The maximum absolute atomic E-state index is 5.62. The van der Waals surface area contributed by atoms with Gasteiger partial charge in [0.1, 0.15) is 11.5 Å². The molecular formula is C12H20ClNO. The quantitative estimate of drug-likeness (QED) is 0.526. The highest BCUT2D eigenvalue weighted by Crippen LogP contribution is 2.09. The minimum Gasteiger partial charge on any atom is -0.465 e. The van der Waals surface area contributed by atoms with Gasteiger partial charge in [0.25, 0.3) is 0 Å². The summed E-state index contributed by atoms with van der Waals surface area (Å²) in [5.74, 6) is 2.81. The molecule has 0 aliphatic heterocycles. The molecule has 15 heavy (non-hydrogen) atoms. The van der Waals surface area contributed by atoms with Crippen molar-refractivity contribution >= 4 is 11.6 Å². The molecule has 0 aliphatic rings. The Bertz CT molecular complexity index is 272. The lowest BCUT2D eigenvalue weighted by Gasteiger charge is -2.14. The molecule has 0 amide bonds. The molecule has 0 atom stereocenters. The highest BCUT2D eigenvalue weighted by atomic mass is 35.5. The molecule has 0 N–H and O–H groups in total. The lowest BCUT2D eigenvalue weighted by Crippen LogP contribution is -2.18. The molecule has 86 valence electrons. The zero-order valence-corrected chi connectivity index (χ0v) is 10.4. The molecule has 0 spiro atoms. The van der Waals surface area contributed by atoms with Gasteiger partial charge < -0.3 is 4.42 Å². The van der Waals surface area contributed by atoms with Gasteiger partial charge in [0, 0.05) is 5.88 Å². The number of nitrogens with zero attached hydrogens (tertiary/aromatic N) is 1. The minimum absolute atomic E-state index is 0.779. The Morgan fingerprint density at radius 2 is 2.07 bits per heavy atom. The van der Waals surface area contributed by atoms with Crippen LogP contribution in [0.15, 0.2) is 16.5 Å². The first-order valence-corrected chi connectivity index (χ1v) is 6.05. The van der Waals surface area contributed by atoms with Gasteiger partial charge >= 0.3 is 0 Å². The second kappa shape index (κ2) is 6.91. The molecule has 1 heterocycles. The number of rotatable bonds is 7. The Morgan fingerprint density at radius 3 is 2.67 bits per heavy atom. The fraction of sp³-hybridized carbons (Fsp3) is 0.667. The highest BCUT2D eigenvalue weighted by molar-refractivity contribution is 6.17. The van der Waals surface area contributed by atoms with E-state index in [-0.39, 0.29) is 0 Å². The second-order valence-electron chi connectivity index (χ2n) is 4.00. The summed E-state index contributed by atoms with van der Waals surface area (Å²) < 4.78 is 5.52. The van der Waals surface area contributed by atoms with Gasteiger partial charge in [-0.05, 0) is 45.5 Å². The number of aryl methyl sites for hydroxylation is 1. The van der Waals surface area contributed by atoms with E-state index in [9.17, 15) is 0 Å². The highest BCUT2D eigenvalue weighted by Gasteiger charge is 2.03. The molecule has 0 aromatic carbocycles. The second-order valence-corrected chi connectivity index (χ2v) is 4.38. The largest absolute Gasteiger partial charge is 0.465 e. The van der Waals surface area contributed by atoms with Crippen LogP contribution in [0.1, 0.15) is 30.8 Å². The summed E-state index contributed by atoms with van der Waals surface area (Å²) in [6.45, 7) is 3.98. The van der Waals surface area contributed by atoms with Crippen molar-refractivity contribution in [3.8, 4) is 0 Å². The van der Waals surface area contributed by atoms with Gasteiger partial charge in [-0.3, -0.25) is 4.90 Å². The van der Waals surface area contributed by atoms with Gasteiger partial charge in [-0.2, -0.15) is 0 Å². The van der Waals surface area contributed by atoms with E-state index in [0.717, 1.165) is 36.9 Å². The van der Waals surface area contributed by atoms with Crippen LogP contribution in [0.4, 0.5) is 0 Å². The normalized spacial score (nSPS) is 11.2. The zero-order valence-electron chi connectivity index (χ0n) is 9.63. The lowest BCUT2D eigenvalue weighted by molar-refractivity contribution is 0.286. The smallest absolute Gasteiger partial charge is 0.118 e. The monoisotopic (exact) mass is 229 g/mol. The van der Waals surface area contributed by atoms with Gasteiger partial charge in [-0.15, -0.1) is 11.6 Å². The average molecular weight is 230 g/mol. The van der Waals surface area contributed by atoms with E-state index in [1.54, 1.807) is 0 Å². The molecule has 0 unspecified atom stereocenters. The Morgan fingerprint density at radius 1 is 1.27 bits per heavy atom. The summed E-state index contributed by atoms with van der Waals surface area (Å²) in [5.41, 5.74) is 0. The van der Waals surface area contributed by atoms with Crippen molar-refractivity contribution < 1.29 is 4.42 Å². The van der Waals surface area contributed by atoms with Crippen LogP contribution in [0.5, 0.6) is 0 Å². The summed E-state index contributed by atoms with van der Waals surface area (Å²) >= 11 is 5.62. The maximum Gasteiger partial charge on any atom is 0.118 e. The maximum atomic E-state index is 5.62. The Balaban J connectivity index is 2.15. The molecule has 3 heteroatoms. The van der Waals surface area contributed by atoms with Crippen LogP contribution in [0.3, 0.4) is 0 Å². The molecule has 2 nitrogen and oxygen atoms in total. The lowest BCUT2D eigenvalue weighted by atomic mass is 10.2. The van der Waals surface area contributed by atoms with E-state index in [1.165, 1.54) is 12.8 Å². The van der Waals surface area contributed by atoms with Gasteiger partial charge in [-0.1, -0.05) is 6.42 Å². The average Bonchev–Trinajstić information content (AvgIpc) is 2.59. The van der Waals surface area contributed by atoms with Crippen molar-refractivity contribution in [3.05, 3.63) is 23.7 Å². The summed E-state index contributed by atoms with van der Waals surface area (Å²) in [6, 6.07) is 4.06. The first-order chi connectivity index (χ1) is 7.22. The molecule has 0 aliphatic carbocycles. The predicted molar refractivity (Wildman–Crippen MR) is 64.4 cm³/mol. The van der Waals surface area contributed by atoms with Crippen LogP contribution in [0.25, 0.3) is 0 Å². The van der Waals surface area contributed by atoms with Crippen LogP contribution < -0.4 is 0 Å². The zero-order chi connectivity index (χ0) is 11.1. The van der Waals surface area contributed by atoms with E-state index in [0.29, 0.717) is 0 Å². The topological polar surface area (TPSA) is 16.4 Å². The fourth-order valence-corrected chi connectivity index (χ4v) is 1.76. The van der Waals surface area contributed by atoms with Crippen molar-refractivity contribution in [2.24, 2.45) is 0 Å². The number of alkyl halides is 1. The van der Waals surface area contributed by atoms with Crippen LogP contribution in [0, 0.1) is 6.92 Å². The summed E-state index contributed by atoms with van der Waals surface area (Å²) in [7, 11) is 2.12. The van der Waals surface area contributed by atoms with Crippen molar-refractivity contribution in [3.63, 3.8) is 0 Å². The number of hydrogen-bond donors (Lipinski definition) is 0. The summed E-state index contributed by atoms with van der Waals surface area (Å²) in [5, 5.41) is 0. The van der Waals surface area contributed by atoms with E-state index in [1.807, 2.05) is 19.1 Å². The van der Waals surface area contributed by atoms with Crippen LogP contribution >= 0.6 is 11.6 Å². The molecular weight excluding hydrogens is 210 g/mol. The Labute approximate surface area is 97.2 Å². The molecule has 0 radical (unpaired) electrons. The van der Waals surface area contributed by atoms with Gasteiger partial charge in [0.2, 0.25) is 0 Å². The molecule has 1 aromatic rings. The molecule has 0 saturated heterocycles. The molecule has 0 saturated carbocycles. The van der Waals surface area contributed by atoms with E-state index < -0.39 is 0 Å². The Hall–Kier alpha value is -0.470. The van der Waals surface area contributed by atoms with Crippen molar-refractivity contribution in [2.75, 3.05) is 19.5 Å². The van der Waals surface area contributed by atoms with Crippen LogP contribution in [0.2, 0.25) is 0 Å². The molecule has 0 bridgehead atoms. The van der Waals surface area contributed by atoms with Crippen molar-refractivity contribution in [2.45, 2.75) is 32.7 Å². The van der Waals surface area contributed by atoms with E-state index in [2.05, 4.69) is 11.9 Å². The first kappa shape index (κ1) is 12.6. The first-order valence-electron chi connectivity index (χ1n) is 5.52. The number of halogens is 1. The van der Waals surface area contributed by atoms with Gasteiger partial charge in [0.15, 0.2) is 0 Å². The van der Waals surface area contributed by atoms with Crippen molar-refractivity contribution in [1.29, 1.82) is 0 Å². The number of hydrogen-bond acceptors (Lipinski definition) is 2. The standard InChI is InChI=1S/C12H20ClNO/c1-11-6-7-12(15-11)10-14(2)9-5-3-4-8-13/h6-7H,3-5,8-10H2,1-2H3. The van der Waals surface area contributed by atoms with Crippen molar-refractivity contribution in [1.82, 2.24) is 4.90 Å². The Kier molecular flexibility index (Phi) is 5.81. The SMILES string of the molecule is Cc1ccc(CN(C)CCCCCCl)o1. The van der Waals surface area contributed by atoms with Gasteiger partial charge in [-0.25, -0.2) is 0 Å². The third-order valence-corrected chi connectivity index (χ3v) is 2.66. The summed E-state index contributed by atoms with van der Waals surface area (Å²) in [6.07, 6.45) is 3.54. The fourth-order valence-electron chi connectivity index (χ4n) is 1.57. The van der Waals surface area contributed by atoms with Crippen LogP contribution in [-0.2, 0) is 6.54 Å². The summed E-state index contributed by atoms with van der Waals surface area (Å²) in [4.78, 5) is 2.28. The minimum atomic E-state index is 0.779. The molecule has 1 rings (SSSR count). The molecule has 1 aromatic heterocycles.